The van der Waals surface area contributed by atoms with Gasteiger partial charge in [-0.15, -0.1) is 0 Å². The lowest BCUT2D eigenvalue weighted by Gasteiger charge is -2.25. The number of rotatable bonds is 5. The third-order valence-corrected chi connectivity index (χ3v) is 4.65. The minimum absolute atomic E-state index is 0.148. The fourth-order valence-electron chi connectivity index (χ4n) is 3.27. The summed E-state index contributed by atoms with van der Waals surface area (Å²) in [6.45, 7) is 10.5. The molecule has 31 heavy (non-hydrogen) atoms. The normalized spacial score (nSPS) is 14.0. The van der Waals surface area contributed by atoms with E-state index in [1.807, 2.05) is 32.0 Å². The maximum Gasteiger partial charge on any atom is 0.412 e. The van der Waals surface area contributed by atoms with Gasteiger partial charge in [-0.2, -0.15) is 0 Å². The molecule has 0 aromatic heterocycles. The molecule has 0 radical (unpaired) electrons. The van der Waals surface area contributed by atoms with Gasteiger partial charge in [0.25, 0.3) is 5.91 Å². The Kier molecular flexibility index (Phi) is 6.73. The summed E-state index contributed by atoms with van der Waals surface area (Å²) in [5.41, 5.74) is 1.27. The number of fused-ring (bicyclic) bond motifs is 1. The van der Waals surface area contributed by atoms with Crippen molar-refractivity contribution in [2.75, 3.05) is 18.5 Å². The van der Waals surface area contributed by atoms with Crippen molar-refractivity contribution in [1.82, 2.24) is 5.32 Å². The molecule has 0 unspecified atom stereocenters. The minimum Gasteiger partial charge on any atom is -0.486 e. The quantitative estimate of drug-likeness (QED) is 0.708. The van der Waals surface area contributed by atoms with Crippen LogP contribution in [0.5, 0.6) is 11.5 Å². The maximum atomic E-state index is 13.0. The Morgan fingerprint density at radius 2 is 1.71 bits per heavy atom. The monoisotopic (exact) mass is 426 g/mol. The highest BCUT2D eigenvalue weighted by Crippen LogP contribution is 2.34. The van der Waals surface area contributed by atoms with E-state index in [0.717, 1.165) is 5.56 Å². The molecule has 7 nitrogen and oxygen atoms in total. The summed E-state index contributed by atoms with van der Waals surface area (Å²) in [6.07, 6.45) is -0.568. The Hall–Kier alpha value is -3.22. The van der Waals surface area contributed by atoms with Gasteiger partial charge in [0.05, 0.1) is 6.04 Å². The average Bonchev–Trinajstić information content (AvgIpc) is 2.70. The molecule has 166 valence electrons. The van der Waals surface area contributed by atoms with E-state index in [-0.39, 0.29) is 17.9 Å². The summed E-state index contributed by atoms with van der Waals surface area (Å²) < 4.78 is 16.5. The maximum absolute atomic E-state index is 13.0. The van der Waals surface area contributed by atoms with Crippen molar-refractivity contribution in [3.63, 3.8) is 0 Å². The first-order chi connectivity index (χ1) is 14.6. The van der Waals surface area contributed by atoms with E-state index < -0.39 is 11.7 Å². The van der Waals surface area contributed by atoms with E-state index in [4.69, 9.17) is 14.2 Å². The van der Waals surface area contributed by atoms with Gasteiger partial charge < -0.3 is 19.5 Å². The van der Waals surface area contributed by atoms with Crippen molar-refractivity contribution in [3.05, 3.63) is 53.6 Å². The van der Waals surface area contributed by atoms with Crippen molar-refractivity contribution in [2.45, 2.75) is 46.3 Å². The molecule has 2 amide bonds. The molecule has 0 fully saturated rings. The molecular weight excluding hydrogens is 396 g/mol. The van der Waals surface area contributed by atoms with Gasteiger partial charge in [-0.05, 0) is 62.6 Å². The summed E-state index contributed by atoms with van der Waals surface area (Å²) in [6, 6.07) is 12.3. The topological polar surface area (TPSA) is 85.9 Å². The highest BCUT2D eigenvalue weighted by molar-refractivity contribution is 5.96. The van der Waals surface area contributed by atoms with Crippen LogP contribution in [0.3, 0.4) is 0 Å². The molecular formula is C24H30N2O5. The third-order valence-electron chi connectivity index (χ3n) is 4.65. The molecule has 2 aromatic rings. The predicted octanol–water partition coefficient (Wildman–Crippen LogP) is 4.93. The van der Waals surface area contributed by atoms with E-state index in [1.165, 1.54) is 0 Å². The van der Waals surface area contributed by atoms with E-state index >= 15 is 0 Å². The molecule has 0 saturated heterocycles. The van der Waals surface area contributed by atoms with Crippen LogP contribution in [-0.4, -0.2) is 30.8 Å². The average molecular weight is 427 g/mol. The molecule has 2 N–H and O–H groups in total. The number of carbonyl (C=O) groups is 2. The number of carbonyl (C=O) groups excluding carboxylic acids is 2. The van der Waals surface area contributed by atoms with Crippen molar-refractivity contribution in [3.8, 4) is 11.5 Å². The van der Waals surface area contributed by atoms with Crippen LogP contribution < -0.4 is 20.1 Å². The second kappa shape index (κ2) is 9.29. The summed E-state index contributed by atoms with van der Waals surface area (Å²) in [5, 5.41) is 5.76. The molecule has 0 bridgehead atoms. The number of ether oxygens (including phenoxy) is 3. The van der Waals surface area contributed by atoms with Gasteiger partial charge in [-0.25, -0.2) is 4.79 Å². The van der Waals surface area contributed by atoms with Gasteiger partial charge in [0.15, 0.2) is 11.5 Å². The molecule has 0 aliphatic carbocycles. The number of benzene rings is 2. The molecule has 1 heterocycles. The minimum atomic E-state index is -0.604. The first kappa shape index (κ1) is 22.5. The highest BCUT2D eigenvalue weighted by atomic mass is 16.6. The second-order valence-corrected chi connectivity index (χ2v) is 8.81. The molecule has 2 aromatic carbocycles. The third kappa shape index (κ3) is 6.13. The van der Waals surface area contributed by atoms with Gasteiger partial charge in [0, 0.05) is 11.3 Å². The van der Waals surface area contributed by atoms with E-state index in [1.54, 1.807) is 45.0 Å². The molecule has 1 aliphatic heterocycles. The van der Waals surface area contributed by atoms with Crippen LogP contribution >= 0.6 is 0 Å². The fourth-order valence-corrected chi connectivity index (χ4v) is 3.27. The summed E-state index contributed by atoms with van der Waals surface area (Å²) in [4.78, 5) is 25.0. The molecule has 1 aliphatic rings. The van der Waals surface area contributed by atoms with Crippen LogP contribution in [-0.2, 0) is 4.74 Å². The van der Waals surface area contributed by atoms with E-state index in [2.05, 4.69) is 10.6 Å². The summed E-state index contributed by atoms with van der Waals surface area (Å²) in [5.74, 6) is 1.31. The fraction of sp³-hybridized carbons (Fsp3) is 0.417. The molecule has 0 spiro atoms. The number of nitrogens with one attached hydrogen (secondary N) is 2. The van der Waals surface area contributed by atoms with E-state index in [0.29, 0.717) is 36.0 Å². The van der Waals surface area contributed by atoms with Crippen molar-refractivity contribution in [1.29, 1.82) is 0 Å². The molecule has 7 heteroatoms. The highest BCUT2D eigenvalue weighted by Gasteiger charge is 2.22. The number of hydrogen-bond donors (Lipinski definition) is 2. The van der Waals surface area contributed by atoms with Crippen molar-refractivity contribution < 1.29 is 23.8 Å². The lowest BCUT2D eigenvalue weighted by Crippen LogP contribution is -2.32. The summed E-state index contributed by atoms with van der Waals surface area (Å²) >= 11 is 0. The predicted molar refractivity (Wildman–Crippen MR) is 119 cm³/mol. The van der Waals surface area contributed by atoms with Gasteiger partial charge in [0.1, 0.15) is 18.8 Å². The number of hydrogen-bond acceptors (Lipinski definition) is 5. The van der Waals surface area contributed by atoms with Gasteiger partial charge in [0.2, 0.25) is 0 Å². The first-order valence-electron chi connectivity index (χ1n) is 10.4. The zero-order valence-corrected chi connectivity index (χ0v) is 18.7. The van der Waals surface area contributed by atoms with Gasteiger partial charge in [-0.1, -0.05) is 26.0 Å². The largest absolute Gasteiger partial charge is 0.486 e. The van der Waals surface area contributed by atoms with Crippen molar-refractivity contribution in [2.24, 2.45) is 5.92 Å². The Morgan fingerprint density at radius 3 is 2.39 bits per heavy atom. The SMILES string of the molecule is CC(C)[C@@H](NC(=O)c1cccc(NC(=O)OC(C)(C)C)c1)c1ccc2c(c1)OCCO2. The Labute approximate surface area is 183 Å². The van der Waals surface area contributed by atoms with Crippen LogP contribution in [0.2, 0.25) is 0 Å². The first-order valence-corrected chi connectivity index (χ1v) is 10.4. The van der Waals surface area contributed by atoms with Crippen LogP contribution in [0.4, 0.5) is 10.5 Å². The van der Waals surface area contributed by atoms with Crippen LogP contribution in [0, 0.1) is 5.92 Å². The van der Waals surface area contributed by atoms with E-state index in [9.17, 15) is 9.59 Å². The van der Waals surface area contributed by atoms with Crippen LogP contribution in [0.1, 0.15) is 56.6 Å². The van der Waals surface area contributed by atoms with Gasteiger partial charge in [-0.3, -0.25) is 10.1 Å². The summed E-state index contributed by atoms with van der Waals surface area (Å²) in [7, 11) is 0. The lowest BCUT2D eigenvalue weighted by atomic mass is 9.95. The Balaban J connectivity index is 1.73. The Morgan fingerprint density at radius 1 is 1.00 bits per heavy atom. The Bertz CT molecular complexity index is 949. The number of amides is 2. The smallest absolute Gasteiger partial charge is 0.412 e. The molecule has 0 saturated carbocycles. The van der Waals surface area contributed by atoms with Crippen molar-refractivity contribution >= 4 is 17.7 Å². The lowest BCUT2D eigenvalue weighted by molar-refractivity contribution is 0.0635. The zero-order valence-electron chi connectivity index (χ0n) is 18.7. The molecule has 1 atom stereocenters. The zero-order chi connectivity index (χ0) is 22.6. The number of anilines is 1. The van der Waals surface area contributed by atoms with Crippen LogP contribution in [0.25, 0.3) is 0 Å². The standard InChI is InChI=1S/C24H30N2O5/c1-15(2)21(16-9-10-19-20(14-16)30-12-11-29-19)26-22(27)17-7-6-8-18(13-17)25-23(28)31-24(3,4)5/h6-10,13-15,21H,11-12H2,1-5H3,(H,25,28)(H,26,27)/t21-/m1/s1. The molecule has 3 rings (SSSR count). The second-order valence-electron chi connectivity index (χ2n) is 8.81. The van der Waals surface area contributed by atoms with Crippen LogP contribution in [0.15, 0.2) is 42.5 Å². The van der Waals surface area contributed by atoms with Gasteiger partial charge >= 0.3 is 6.09 Å².